The van der Waals surface area contributed by atoms with Gasteiger partial charge in [0.2, 0.25) is 0 Å². The second-order valence-corrected chi connectivity index (χ2v) is 5.57. The van der Waals surface area contributed by atoms with Gasteiger partial charge in [0.25, 0.3) is 0 Å². The minimum atomic E-state index is -0.755. The van der Waals surface area contributed by atoms with Crippen molar-refractivity contribution in [3.63, 3.8) is 0 Å². The average Bonchev–Trinajstić information content (AvgIpc) is 2.76. The summed E-state index contributed by atoms with van der Waals surface area (Å²) >= 11 is 1.61. The number of carbonyl (C=O) groups is 1. The molecule has 96 valence electrons. The van der Waals surface area contributed by atoms with Gasteiger partial charge in [0.05, 0.1) is 12.5 Å². The molecule has 0 amide bonds. The summed E-state index contributed by atoms with van der Waals surface area (Å²) in [5, 5.41) is 14.4. The molecule has 2 atom stereocenters. The molecule has 0 radical (unpaired) electrons. The first-order chi connectivity index (χ1) is 8.04. The van der Waals surface area contributed by atoms with Crippen molar-refractivity contribution in [1.29, 1.82) is 0 Å². The number of rotatable bonds is 7. The maximum absolute atomic E-state index is 10.9. The molecule has 1 aromatic rings. The van der Waals surface area contributed by atoms with E-state index in [0.29, 0.717) is 12.0 Å². The van der Waals surface area contributed by atoms with Crippen LogP contribution in [0.25, 0.3) is 0 Å². The highest BCUT2D eigenvalue weighted by Gasteiger charge is 2.21. The standard InChI is InChI=1S/C13H21NO2S/c1-4-10(9(2)3)14-11(8-13(15)16)12-6-5-7-17-12/h5-7,9-11,14H,4,8H2,1-3H3,(H,15,16). The Kier molecular flexibility index (Phi) is 5.65. The quantitative estimate of drug-likeness (QED) is 0.786. The van der Waals surface area contributed by atoms with Crippen LogP contribution in [0.15, 0.2) is 17.5 Å². The number of nitrogens with one attached hydrogen (secondary N) is 1. The fourth-order valence-electron chi connectivity index (χ4n) is 1.95. The van der Waals surface area contributed by atoms with Crippen molar-refractivity contribution in [2.75, 3.05) is 0 Å². The highest BCUT2D eigenvalue weighted by Crippen LogP contribution is 2.24. The summed E-state index contributed by atoms with van der Waals surface area (Å²) in [5.41, 5.74) is 0. The van der Waals surface area contributed by atoms with Crippen LogP contribution in [0.1, 0.15) is 44.5 Å². The van der Waals surface area contributed by atoms with E-state index in [1.54, 1.807) is 11.3 Å². The molecule has 0 saturated heterocycles. The molecule has 1 aromatic heterocycles. The van der Waals surface area contributed by atoms with Crippen molar-refractivity contribution < 1.29 is 9.90 Å². The maximum atomic E-state index is 10.9. The van der Waals surface area contributed by atoms with E-state index in [2.05, 4.69) is 26.1 Å². The van der Waals surface area contributed by atoms with E-state index < -0.39 is 5.97 Å². The second-order valence-electron chi connectivity index (χ2n) is 4.59. The molecule has 0 aliphatic rings. The average molecular weight is 255 g/mol. The Hall–Kier alpha value is -0.870. The zero-order chi connectivity index (χ0) is 12.8. The zero-order valence-corrected chi connectivity index (χ0v) is 11.5. The molecular formula is C13H21NO2S. The van der Waals surface area contributed by atoms with Gasteiger partial charge in [-0.1, -0.05) is 26.8 Å². The van der Waals surface area contributed by atoms with E-state index in [0.717, 1.165) is 11.3 Å². The Bertz CT molecular complexity index is 335. The van der Waals surface area contributed by atoms with Gasteiger partial charge in [-0.05, 0) is 23.8 Å². The van der Waals surface area contributed by atoms with Crippen molar-refractivity contribution in [2.24, 2.45) is 5.92 Å². The van der Waals surface area contributed by atoms with E-state index in [9.17, 15) is 4.79 Å². The molecule has 1 rings (SSSR count). The Morgan fingerprint density at radius 2 is 2.24 bits per heavy atom. The number of carboxylic acids is 1. The highest BCUT2D eigenvalue weighted by atomic mass is 32.1. The third-order valence-electron chi connectivity index (χ3n) is 2.93. The topological polar surface area (TPSA) is 49.3 Å². The van der Waals surface area contributed by atoms with E-state index in [1.807, 2.05) is 17.5 Å². The number of thiophene rings is 1. The second kappa shape index (κ2) is 6.77. The molecule has 0 bridgehead atoms. The maximum Gasteiger partial charge on any atom is 0.305 e. The molecule has 2 N–H and O–H groups in total. The lowest BCUT2D eigenvalue weighted by atomic mass is 9.99. The zero-order valence-electron chi connectivity index (χ0n) is 10.6. The van der Waals surface area contributed by atoms with Crippen LogP contribution < -0.4 is 5.32 Å². The third-order valence-corrected chi connectivity index (χ3v) is 3.91. The van der Waals surface area contributed by atoms with E-state index in [1.165, 1.54) is 0 Å². The molecular weight excluding hydrogens is 234 g/mol. The first-order valence-electron chi connectivity index (χ1n) is 6.05. The Morgan fingerprint density at radius 1 is 1.53 bits per heavy atom. The Morgan fingerprint density at radius 3 is 2.65 bits per heavy atom. The number of hydrogen-bond acceptors (Lipinski definition) is 3. The lowest BCUT2D eigenvalue weighted by molar-refractivity contribution is -0.137. The molecule has 0 spiro atoms. The molecule has 0 aliphatic carbocycles. The molecule has 0 aliphatic heterocycles. The summed E-state index contributed by atoms with van der Waals surface area (Å²) in [4.78, 5) is 12.0. The summed E-state index contributed by atoms with van der Waals surface area (Å²) in [6.45, 7) is 6.45. The van der Waals surface area contributed by atoms with Crippen molar-refractivity contribution in [2.45, 2.75) is 45.7 Å². The highest BCUT2D eigenvalue weighted by molar-refractivity contribution is 7.10. The fourth-order valence-corrected chi connectivity index (χ4v) is 2.73. The van der Waals surface area contributed by atoms with Crippen LogP contribution in [0.2, 0.25) is 0 Å². The van der Waals surface area contributed by atoms with Gasteiger partial charge in [-0.2, -0.15) is 0 Å². The molecule has 2 unspecified atom stereocenters. The molecule has 1 heterocycles. The number of aliphatic carboxylic acids is 1. The van der Waals surface area contributed by atoms with Gasteiger partial charge in [-0.25, -0.2) is 0 Å². The van der Waals surface area contributed by atoms with E-state index >= 15 is 0 Å². The summed E-state index contributed by atoms with van der Waals surface area (Å²) in [6.07, 6.45) is 1.16. The van der Waals surface area contributed by atoms with E-state index in [-0.39, 0.29) is 12.5 Å². The minimum Gasteiger partial charge on any atom is -0.481 e. The van der Waals surface area contributed by atoms with Crippen LogP contribution in [0.4, 0.5) is 0 Å². The van der Waals surface area contributed by atoms with Crippen LogP contribution in [-0.4, -0.2) is 17.1 Å². The largest absolute Gasteiger partial charge is 0.481 e. The molecule has 3 nitrogen and oxygen atoms in total. The molecule has 17 heavy (non-hydrogen) atoms. The van der Waals surface area contributed by atoms with Crippen molar-refractivity contribution in [1.82, 2.24) is 5.32 Å². The third kappa shape index (κ3) is 4.48. The predicted octanol–water partition coefficient (Wildman–Crippen LogP) is 3.29. The minimum absolute atomic E-state index is 0.0696. The lowest BCUT2D eigenvalue weighted by Crippen LogP contribution is -2.36. The van der Waals surface area contributed by atoms with Gasteiger partial charge in [-0.15, -0.1) is 11.3 Å². The van der Waals surface area contributed by atoms with Crippen molar-refractivity contribution in [3.8, 4) is 0 Å². The van der Waals surface area contributed by atoms with Crippen LogP contribution >= 0.6 is 11.3 Å². The van der Waals surface area contributed by atoms with Crippen molar-refractivity contribution in [3.05, 3.63) is 22.4 Å². The van der Waals surface area contributed by atoms with E-state index in [4.69, 9.17) is 5.11 Å². The smallest absolute Gasteiger partial charge is 0.305 e. The lowest BCUT2D eigenvalue weighted by Gasteiger charge is -2.26. The number of hydrogen-bond donors (Lipinski definition) is 2. The summed E-state index contributed by atoms with van der Waals surface area (Å²) in [5.74, 6) is -0.245. The van der Waals surface area contributed by atoms with Gasteiger partial charge in [0.15, 0.2) is 0 Å². The summed E-state index contributed by atoms with van der Waals surface area (Å²) < 4.78 is 0. The van der Waals surface area contributed by atoms with Crippen LogP contribution in [0.5, 0.6) is 0 Å². The van der Waals surface area contributed by atoms with Crippen LogP contribution in [-0.2, 0) is 4.79 Å². The van der Waals surface area contributed by atoms with Crippen LogP contribution in [0, 0.1) is 5.92 Å². The van der Waals surface area contributed by atoms with Crippen molar-refractivity contribution >= 4 is 17.3 Å². The number of carboxylic acid groups (broad SMARTS) is 1. The summed E-state index contributed by atoms with van der Waals surface area (Å²) in [7, 11) is 0. The molecule has 0 aromatic carbocycles. The van der Waals surface area contributed by atoms with Gasteiger partial charge in [0.1, 0.15) is 0 Å². The van der Waals surface area contributed by atoms with Crippen LogP contribution in [0.3, 0.4) is 0 Å². The Labute approximate surface area is 107 Å². The SMILES string of the molecule is CCC(NC(CC(=O)O)c1cccs1)C(C)C. The molecule has 0 fully saturated rings. The van der Waals surface area contributed by atoms with Gasteiger partial charge < -0.3 is 10.4 Å². The fraction of sp³-hybridized carbons (Fsp3) is 0.615. The normalized spacial score (nSPS) is 14.8. The van der Waals surface area contributed by atoms with Gasteiger partial charge in [-0.3, -0.25) is 4.79 Å². The summed E-state index contributed by atoms with van der Waals surface area (Å²) in [6, 6.07) is 4.26. The monoisotopic (exact) mass is 255 g/mol. The predicted molar refractivity (Wildman–Crippen MR) is 71.4 cm³/mol. The van der Waals surface area contributed by atoms with Gasteiger partial charge in [0, 0.05) is 10.9 Å². The molecule has 0 saturated carbocycles. The Balaban J connectivity index is 2.73. The van der Waals surface area contributed by atoms with Gasteiger partial charge >= 0.3 is 5.97 Å². The first kappa shape index (κ1) is 14.2. The molecule has 4 heteroatoms. The first-order valence-corrected chi connectivity index (χ1v) is 6.93.